The van der Waals surface area contributed by atoms with Crippen LogP contribution in [0.1, 0.15) is 114 Å². The lowest BCUT2D eigenvalue weighted by Crippen LogP contribution is -2.69. The fraction of sp³-hybridized carbons (Fsp3) is 0.846. The van der Waals surface area contributed by atoms with E-state index in [9.17, 15) is 20.0 Å². The van der Waals surface area contributed by atoms with Crippen LogP contribution in [0, 0.1) is 72.7 Å². The zero-order chi connectivity index (χ0) is 36.1. The van der Waals surface area contributed by atoms with Gasteiger partial charge in [0.1, 0.15) is 6.04 Å². The van der Waals surface area contributed by atoms with Crippen LogP contribution in [-0.2, 0) is 14.3 Å². The van der Waals surface area contributed by atoms with Crippen molar-refractivity contribution in [3.63, 3.8) is 0 Å². The van der Waals surface area contributed by atoms with Crippen LogP contribution in [0.5, 0.6) is 0 Å². The van der Waals surface area contributed by atoms with Gasteiger partial charge in [0.2, 0.25) is 0 Å². The highest BCUT2D eigenvalue weighted by molar-refractivity contribution is 5.73. The van der Waals surface area contributed by atoms with E-state index in [1.807, 2.05) is 6.92 Å². The van der Waals surface area contributed by atoms with Gasteiger partial charge in [-0.25, -0.2) is 0 Å². The van der Waals surface area contributed by atoms with Gasteiger partial charge in [-0.15, -0.1) is 0 Å². The fourth-order valence-corrected chi connectivity index (χ4v) is 12.2. The Bertz CT molecular complexity index is 1500. The summed E-state index contributed by atoms with van der Waals surface area (Å²) in [4.78, 5) is 24.8. The van der Waals surface area contributed by atoms with Crippen LogP contribution in [0.25, 0.3) is 0 Å². The molecule has 6 rings (SSSR count). The molecule has 4 fully saturated rings. The van der Waals surface area contributed by atoms with Gasteiger partial charge in [0, 0.05) is 16.4 Å². The number of nitro groups is 1. The molecule has 4 aliphatic carbocycles. The van der Waals surface area contributed by atoms with Crippen molar-refractivity contribution in [2.45, 2.75) is 125 Å². The van der Waals surface area contributed by atoms with E-state index in [4.69, 9.17) is 15.2 Å². The summed E-state index contributed by atoms with van der Waals surface area (Å²) in [5, 5.41) is 27.3. The summed E-state index contributed by atoms with van der Waals surface area (Å²) < 4.78 is 15.4. The van der Waals surface area contributed by atoms with Gasteiger partial charge in [-0.3, -0.25) is 4.79 Å². The number of hydrogen-bond acceptors (Lipinski definition) is 7. The average molecular weight is 683 g/mol. The van der Waals surface area contributed by atoms with Gasteiger partial charge in [-0.2, -0.15) is 4.68 Å². The molecule has 1 saturated heterocycles. The maximum Gasteiger partial charge on any atom is 0.389 e. The summed E-state index contributed by atoms with van der Waals surface area (Å²) in [6, 6.07) is 1.23. The van der Waals surface area contributed by atoms with Crippen LogP contribution in [0.4, 0.5) is 5.82 Å². The summed E-state index contributed by atoms with van der Waals surface area (Å²) in [7, 11) is 0. The standard InChI is InChI=1S/C39H62N4O6/c1-23(2)25(5)34(6)16-17-36(8)26-11-12-29-35(7)20-48-22-39(29,27(26)13-15-37(36,9)31(34)33(44)45)19-28(42-18-14-30(41-42)43(46)47)32(35)49-21-38(10,40)24(3)4/h13-14,18,23-26,28-29,31-32H,11-12,15-17,19-22,40H2,1-10H3,(H,44,45)/t25-,26+,28-,29+,31-,32+,34-,35+,36-,37+,38+,39+/m1/s1. The SMILES string of the molecule is CC(C)[C@@H](C)[C@@]1(C)CC[C@]2(C)[C@H]3CC[C@@H]4[C@@]5(COC[C@]4(C)[C@@H](OC[C@](C)(N)C(C)C)[C@H](n4ccc([N+](=O)[O-])n4)C5)C3=CC[C@@]2(C)[C@@H]1C(=O)O. The molecule has 49 heavy (non-hydrogen) atoms. The molecule has 1 aromatic rings. The number of rotatable bonds is 9. The number of fused-ring (bicyclic) bond motifs is 3. The molecule has 10 nitrogen and oxygen atoms in total. The summed E-state index contributed by atoms with van der Waals surface area (Å²) in [5.41, 5.74) is 6.03. The Balaban J connectivity index is 1.46. The molecule has 3 saturated carbocycles. The topological polar surface area (TPSA) is 143 Å². The van der Waals surface area contributed by atoms with E-state index in [-0.39, 0.29) is 63.3 Å². The largest absolute Gasteiger partial charge is 0.481 e. The molecule has 274 valence electrons. The van der Waals surface area contributed by atoms with E-state index < -0.39 is 27.8 Å². The molecule has 2 heterocycles. The molecule has 0 unspecified atom stereocenters. The van der Waals surface area contributed by atoms with Gasteiger partial charge in [-0.1, -0.05) is 74.0 Å². The average Bonchev–Trinajstić information content (AvgIpc) is 3.51. The third-order valence-electron chi connectivity index (χ3n) is 16.1. The second-order valence-electron chi connectivity index (χ2n) is 18.9. The Hall–Kier alpha value is -2.30. The molecular formula is C39H62N4O6. The molecule has 1 aromatic heterocycles. The fourth-order valence-electron chi connectivity index (χ4n) is 12.2. The van der Waals surface area contributed by atoms with E-state index >= 15 is 0 Å². The van der Waals surface area contributed by atoms with Gasteiger partial charge in [0.15, 0.2) is 0 Å². The Morgan fingerprint density at radius 2 is 1.86 bits per heavy atom. The number of carbonyl (C=O) groups is 1. The lowest BCUT2D eigenvalue weighted by Gasteiger charge is -2.71. The molecule has 12 atom stereocenters. The molecule has 0 radical (unpaired) electrons. The lowest BCUT2D eigenvalue weighted by molar-refractivity contribution is -0.390. The van der Waals surface area contributed by atoms with Crippen molar-refractivity contribution in [3.05, 3.63) is 34.0 Å². The van der Waals surface area contributed by atoms with Gasteiger partial charge >= 0.3 is 11.8 Å². The van der Waals surface area contributed by atoms with Crippen molar-refractivity contribution in [1.29, 1.82) is 0 Å². The van der Waals surface area contributed by atoms with Crippen molar-refractivity contribution < 1.29 is 24.3 Å². The molecule has 0 spiro atoms. The summed E-state index contributed by atoms with van der Waals surface area (Å²) in [6.07, 6.45) is 9.18. The minimum atomic E-state index is -0.660. The van der Waals surface area contributed by atoms with Crippen LogP contribution in [0.2, 0.25) is 0 Å². The third kappa shape index (κ3) is 5.11. The predicted molar refractivity (Wildman–Crippen MR) is 189 cm³/mol. The second kappa shape index (κ2) is 11.9. The highest BCUT2D eigenvalue weighted by atomic mass is 16.6. The number of carboxylic acid groups (broad SMARTS) is 1. The Morgan fingerprint density at radius 1 is 1.16 bits per heavy atom. The summed E-state index contributed by atoms with van der Waals surface area (Å²) in [5.74, 6) is 0.100. The van der Waals surface area contributed by atoms with Crippen molar-refractivity contribution >= 4 is 11.8 Å². The normalized spacial score (nSPS) is 43.5. The van der Waals surface area contributed by atoms with E-state index in [1.165, 1.54) is 11.6 Å². The number of nitrogens with two attached hydrogens (primary N) is 1. The minimum absolute atomic E-state index is 0.168. The van der Waals surface area contributed by atoms with Crippen LogP contribution in [0.15, 0.2) is 23.9 Å². The highest BCUT2D eigenvalue weighted by Crippen LogP contribution is 2.75. The third-order valence-corrected chi connectivity index (χ3v) is 16.1. The van der Waals surface area contributed by atoms with Crippen molar-refractivity contribution in [2.75, 3.05) is 19.8 Å². The van der Waals surface area contributed by atoms with Crippen molar-refractivity contribution in [1.82, 2.24) is 9.78 Å². The van der Waals surface area contributed by atoms with Crippen LogP contribution in [-0.4, -0.2) is 57.2 Å². The molecule has 0 aromatic carbocycles. The van der Waals surface area contributed by atoms with Crippen molar-refractivity contribution in [3.8, 4) is 0 Å². The zero-order valence-corrected chi connectivity index (χ0v) is 31.6. The molecule has 3 N–H and O–H groups in total. The van der Waals surface area contributed by atoms with Gasteiger partial charge in [0.05, 0.1) is 49.2 Å². The maximum atomic E-state index is 13.4. The van der Waals surface area contributed by atoms with Gasteiger partial charge in [0.25, 0.3) is 0 Å². The molecule has 1 aliphatic heterocycles. The number of carboxylic acids is 1. The van der Waals surface area contributed by atoms with E-state index in [0.29, 0.717) is 32.2 Å². The maximum absolute atomic E-state index is 13.4. The minimum Gasteiger partial charge on any atom is -0.481 e. The number of aliphatic carboxylic acids is 1. The molecule has 5 aliphatic rings. The van der Waals surface area contributed by atoms with Crippen LogP contribution in [0.3, 0.4) is 0 Å². The first-order valence-corrected chi connectivity index (χ1v) is 18.8. The van der Waals surface area contributed by atoms with Crippen molar-refractivity contribution in [2.24, 2.45) is 68.3 Å². The number of hydrogen-bond donors (Lipinski definition) is 2. The second-order valence-corrected chi connectivity index (χ2v) is 18.9. The predicted octanol–water partition coefficient (Wildman–Crippen LogP) is 7.68. The number of allylic oxidation sites excluding steroid dienone is 1. The Labute approximate surface area is 293 Å². The molecular weight excluding hydrogens is 620 g/mol. The van der Waals surface area contributed by atoms with Crippen LogP contribution < -0.4 is 5.73 Å². The number of ether oxygens (including phenoxy) is 2. The van der Waals surface area contributed by atoms with Gasteiger partial charge in [-0.05, 0) is 96.2 Å². The quantitative estimate of drug-likeness (QED) is 0.153. The summed E-state index contributed by atoms with van der Waals surface area (Å²) >= 11 is 0. The first-order chi connectivity index (χ1) is 22.7. The summed E-state index contributed by atoms with van der Waals surface area (Å²) in [6.45, 7) is 23.6. The zero-order valence-electron chi connectivity index (χ0n) is 31.6. The number of aromatic nitrogens is 2. The lowest BCUT2D eigenvalue weighted by atomic mass is 9.34. The van der Waals surface area contributed by atoms with E-state index in [2.05, 4.69) is 73.5 Å². The molecule has 10 heteroatoms. The highest BCUT2D eigenvalue weighted by Gasteiger charge is 2.72. The van der Waals surface area contributed by atoms with E-state index in [0.717, 1.165) is 32.1 Å². The molecule has 0 amide bonds. The van der Waals surface area contributed by atoms with E-state index in [1.54, 1.807) is 10.9 Å². The first kappa shape index (κ1) is 36.5. The van der Waals surface area contributed by atoms with Gasteiger partial charge < -0.3 is 30.4 Å². The Morgan fingerprint density at radius 3 is 2.45 bits per heavy atom. The molecule has 2 bridgehead atoms. The first-order valence-electron chi connectivity index (χ1n) is 18.8. The Kier molecular flexibility index (Phi) is 8.84. The van der Waals surface area contributed by atoms with Crippen LogP contribution >= 0.6 is 0 Å². The number of nitrogens with zero attached hydrogens (tertiary/aromatic N) is 3. The smallest absolute Gasteiger partial charge is 0.389 e. The monoisotopic (exact) mass is 682 g/mol.